The van der Waals surface area contributed by atoms with Crippen LogP contribution in [-0.4, -0.2) is 25.2 Å². The second kappa shape index (κ2) is 3.42. The minimum Gasteiger partial charge on any atom is -0.379 e. The van der Waals surface area contributed by atoms with Crippen LogP contribution in [0.4, 0.5) is 8.78 Å². The van der Waals surface area contributed by atoms with Crippen LogP contribution in [-0.2, 0) is 4.74 Å². The summed E-state index contributed by atoms with van der Waals surface area (Å²) in [5.74, 6) is -2.51. The lowest BCUT2D eigenvalue weighted by Gasteiger charge is -2.49. The minimum atomic E-state index is -2.51. The summed E-state index contributed by atoms with van der Waals surface area (Å²) in [6, 6.07) is 0. The van der Waals surface area contributed by atoms with E-state index >= 15 is 0 Å². The molecule has 2 N–H and O–H groups in total. The molecule has 0 unspecified atom stereocenters. The van der Waals surface area contributed by atoms with Crippen molar-refractivity contribution in [3.05, 3.63) is 0 Å². The van der Waals surface area contributed by atoms with Gasteiger partial charge in [0.15, 0.2) is 0 Å². The van der Waals surface area contributed by atoms with E-state index in [4.69, 9.17) is 10.5 Å². The van der Waals surface area contributed by atoms with Gasteiger partial charge in [0.1, 0.15) is 0 Å². The Kier molecular flexibility index (Phi) is 2.89. The van der Waals surface area contributed by atoms with Crippen LogP contribution in [0.25, 0.3) is 0 Å². The third-order valence-corrected chi connectivity index (χ3v) is 3.05. The molecule has 0 spiro atoms. The molecule has 1 aliphatic carbocycles. The molecule has 0 heterocycles. The SMILES string of the molecule is COC(C)(C)CC1(CN)CC(F)(F)C1. The molecule has 1 fully saturated rings. The minimum absolute atomic E-state index is 0.0940. The predicted octanol–water partition coefficient (Wildman–Crippen LogP) is 2.18. The van der Waals surface area contributed by atoms with Gasteiger partial charge in [-0.15, -0.1) is 0 Å². The molecular weight excluding hydrogens is 188 g/mol. The number of hydrogen-bond donors (Lipinski definition) is 1. The summed E-state index contributed by atoms with van der Waals surface area (Å²) in [5.41, 5.74) is 4.78. The highest BCUT2D eigenvalue weighted by molar-refractivity contribution is 5.02. The summed E-state index contributed by atoms with van der Waals surface area (Å²) in [5, 5.41) is 0. The molecular formula is C10H19F2NO. The second-order valence-electron chi connectivity index (χ2n) is 5.05. The molecule has 0 aromatic rings. The van der Waals surface area contributed by atoms with Crippen molar-refractivity contribution in [2.75, 3.05) is 13.7 Å². The van der Waals surface area contributed by atoms with Gasteiger partial charge in [0.25, 0.3) is 0 Å². The van der Waals surface area contributed by atoms with Crippen LogP contribution in [0, 0.1) is 5.41 Å². The van der Waals surface area contributed by atoms with E-state index in [0.29, 0.717) is 13.0 Å². The molecule has 0 radical (unpaired) electrons. The highest BCUT2D eigenvalue weighted by Crippen LogP contribution is 2.55. The first kappa shape index (κ1) is 11.9. The van der Waals surface area contributed by atoms with Crippen molar-refractivity contribution in [2.45, 2.75) is 44.6 Å². The summed E-state index contributed by atoms with van der Waals surface area (Å²) in [6.45, 7) is 4.12. The van der Waals surface area contributed by atoms with Gasteiger partial charge >= 0.3 is 0 Å². The Bertz CT molecular complexity index is 208. The average molecular weight is 207 g/mol. The van der Waals surface area contributed by atoms with Crippen molar-refractivity contribution in [3.8, 4) is 0 Å². The van der Waals surface area contributed by atoms with Crippen LogP contribution in [0.2, 0.25) is 0 Å². The van der Waals surface area contributed by atoms with Gasteiger partial charge in [0.2, 0.25) is 5.92 Å². The standard InChI is InChI=1S/C10H19F2NO/c1-8(2,14-3)4-9(7-13)5-10(11,12)6-9/h4-7,13H2,1-3H3. The first-order chi connectivity index (χ1) is 6.24. The maximum Gasteiger partial charge on any atom is 0.249 e. The van der Waals surface area contributed by atoms with Crippen LogP contribution >= 0.6 is 0 Å². The van der Waals surface area contributed by atoms with E-state index in [2.05, 4.69) is 0 Å². The molecule has 1 aliphatic rings. The molecule has 1 rings (SSSR count). The highest BCUT2D eigenvalue weighted by atomic mass is 19.3. The lowest BCUT2D eigenvalue weighted by Crippen LogP contribution is -2.53. The molecule has 14 heavy (non-hydrogen) atoms. The number of nitrogens with two attached hydrogens (primary N) is 1. The van der Waals surface area contributed by atoms with Crippen molar-refractivity contribution >= 4 is 0 Å². The first-order valence-electron chi connectivity index (χ1n) is 4.87. The van der Waals surface area contributed by atoms with E-state index in [9.17, 15) is 8.78 Å². The fourth-order valence-corrected chi connectivity index (χ4v) is 2.36. The molecule has 0 aromatic carbocycles. The van der Waals surface area contributed by atoms with Crippen molar-refractivity contribution in [2.24, 2.45) is 11.1 Å². The van der Waals surface area contributed by atoms with Gasteiger partial charge in [-0.05, 0) is 32.2 Å². The Morgan fingerprint density at radius 2 is 1.86 bits per heavy atom. The number of rotatable bonds is 4. The Morgan fingerprint density at radius 3 is 2.14 bits per heavy atom. The Morgan fingerprint density at radius 1 is 1.36 bits per heavy atom. The molecule has 0 aromatic heterocycles. The zero-order valence-electron chi connectivity index (χ0n) is 9.07. The van der Waals surface area contributed by atoms with Gasteiger partial charge in [0.05, 0.1) is 5.60 Å². The van der Waals surface area contributed by atoms with Crippen LogP contribution in [0.5, 0.6) is 0 Å². The van der Waals surface area contributed by atoms with Gasteiger partial charge in [-0.25, -0.2) is 8.78 Å². The van der Waals surface area contributed by atoms with Crippen molar-refractivity contribution in [1.82, 2.24) is 0 Å². The van der Waals surface area contributed by atoms with Gasteiger partial charge < -0.3 is 10.5 Å². The van der Waals surface area contributed by atoms with Crippen LogP contribution in [0.15, 0.2) is 0 Å². The zero-order valence-corrected chi connectivity index (χ0v) is 9.07. The summed E-state index contributed by atoms with van der Waals surface area (Å²) in [7, 11) is 1.60. The van der Waals surface area contributed by atoms with Crippen LogP contribution in [0.3, 0.4) is 0 Å². The average Bonchev–Trinajstić information content (AvgIpc) is 2.00. The van der Waals surface area contributed by atoms with E-state index in [1.54, 1.807) is 7.11 Å². The lowest BCUT2D eigenvalue weighted by molar-refractivity contribution is -0.178. The molecule has 4 heteroatoms. The number of ether oxygens (including phenoxy) is 1. The number of hydrogen-bond acceptors (Lipinski definition) is 2. The Balaban J connectivity index is 2.58. The van der Waals surface area contributed by atoms with Gasteiger partial charge in [-0.3, -0.25) is 0 Å². The van der Waals surface area contributed by atoms with Crippen molar-refractivity contribution in [3.63, 3.8) is 0 Å². The second-order valence-corrected chi connectivity index (χ2v) is 5.05. The van der Waals surface area contributed by atoms with Gasteiger partial charge in [-0.2, -0.15) is 0 Å². The quantitative estimate of drug-likeness (QED) is 0.766. The van der Waals surface area contributed by atoms with Crippen LogP contribution in [0.1, 0.15) is 33.1 Å². The summed E-state index contributed by atoms with van der Waals surface area (Å²) in [6.07, 6.45) is 0.412. The summed E-state index contributed by atoms with van der Waals surface area (Å²) in [4.78, 5) is 0. The monoisotopic (exact) mass is 207 g/mol. The van der Waals surface area contributed by atoms with E-state index in [1.807, 2.05) is 13.8 Å². The van der Waals surface area contributed by atoms with E-state index < -0.39 is 11.3 Å². The molecule has 1 saturated carbocycles. The first-order valence-corrected chi connectivity index (χ1v) is 4.87. The fourth-order valence-electron chi connectivity index (χ4n) is 2.36. The maximum atomic E-state index is 12.8. The van der Waals surface area contributed by atoms with Crippen molar-refractivity contribution < 1.29 is 13.5 Å². The number of alkyl halides is 2. The largest absolute Gasteiger partial charge is 0.379 e. The number of methoxy groups -OCH3 is 1. The van der Waals surface area contributed by atoms with Crippen LogP contribution < -0.4 is 5.73 Å². The third-order valence-electron chi connectivity index (χ3n) is 3.05. The van der Waals surface area contributed by atoms with Crippen molar-refractivity contribution in [1.29, 1.82) is 0 Å². The summed E-state index contributed by atoms with van der Waals surface area (Å²) >= 11 is 0. The Labute approximate surface area is 83.8 Å². The van der Waals surface area contributed by atoms with Gasteiger partial charge in [-0.1, -0.05) is 0 Å². The van der Waals surface area contributed by atoms with E-state index in [1.165, 1.54) is 0 Å². The number of halogens is 2. The molecule has 0 atom stereocenters. The molecule has 0 aliphatic heterocycles. The fraction of sp³-hybridized carbons (Fsp3) is 1.00. The maximum absolute atomic E-state index is 12.8. The molecule has 0 saturated heterocycles. The predicted molar refractivity (Wildman–Crippen MR) is 51.4 cm³/mol. The third kappa shape index (κ3) is 2.42. The lowest BCUT2D eigenvalue weighted by atomic mass is 9.61. The highest BCUT2D eigenvalue weighted by Gasteiger charge is 2.56. The van der Waals surface area contributed by atoms with E-state index in [0.717, 1.165) is 0 Å². The van der Waals surface area contributed by atoms with E-state index in [-0.39, 0.29) is 18.4 Å². The van der Waals surface area contributed by atoms with Gasteiger partial charge in [0, 0.05) is 20.0 Å². The summed E-state index contributed by atoms with van der Waals surface area (Å²) < 4.78 is 30.8. The topological polar surface area (TPSA) is 35.2 Å². The molecule has 0 bridgehead atoms. The normalized spacial score (nSPS) is 24.4. The molecule has 84 valence electrons. The molecule has 0 amide bonds. The Hall–Kier alpha value is -0.220. The molecule has 2 nitrogen and oxygen atoms in total. The smallest absolute Gasteiger partial charge is 0.249 e. The zero-order chi connectivity index (χ0) is 11.0.